The van der Waals surface area contributed by atoms with Crippen LogP contribution in [0.3, 0.4) is 0 Å². The van der Waals surface area contributed by atoms with Gasteiger partial charge in [-0.25, -0.2) is 10.4 Å². The van der Waals surface area contributed by atoms with Gasteiger partial charge >= 0.3 is 0 Å². The Hall–Kier alpha value is -2.41. The summed E-state index contributed by atoms with van der Waals surface area (Å²) in [6.45, 7) is 1.89. The molecule has 2 N–H and O–H groups in total. The number of aryl methyl sites for hydroxylation is 1. The van der Waals surface area contributed by atoms with Gasteiger partial charge < -0.3 is 9.84 Å². The van der Waals surface area contributed by atoms with Crippen molar-refractivity contribution in [1.82, 2.24) is 10.4 Å². The molecule has 0 aliphatic rings. The lowest BCUT2D eigenvalue weighted by Gasteiger charge is -2.03. The summed E-state index contributed by atoms with van der Waals surface area (Å²) < 4.78 is 4.94. The van der Waals surface area contributed by atoms with Crippen LogP contribution in [0.5, 0.6) is 11.5 Å². The molecule has 1 aromatic carbocycles. The lowest BCUT2D eigenvalue weighted by molar-refractivity contribution is -0.120. The van der Waals surface area contributed by atoms with Crippen LogP contribution < -0.4 is 10.2 Å². The Kier molecular flexibility index (Phi) is 4.89. The molecule has 1 aromatic heterocycles. The normalized spacial score (nSPS) is 10.8. The molecule has 0 atom stereocenters. The molecule has 21 heavy (non-hydrogen) atoms. The number of phenols is 1. The van der Waals surface area contributed by atoms with Crippen molar-refractivity contribution in [2.24, 2.45) is 5.10 Å². The second-order valence-electron chi connectivity index (χ2n) is 4.26. The average Bonchev–Trinajstić information content (AvgIpc) is 2.84. The summed E-state index contributed by atoms with van der Waals surface area (Å²) >= 11 is 1.50. The number of thiazole rings is 1. The van der Waals surface area contributed by atoms with E-state index in [-0.39, 0.29) is 18.1 Å². The van der Waals surface area contributed by atoms with Crippen LogP contribution in [0.15, 0.2) is 28.7 Å². The highest BCUT2D eigenvalue weighted by molar-refractivity contribution is 7.09. The van der Waals surface area contributed by atoms with Crippen molar-refractivity contribution >= 4 is 23.5 Å². The first-order valence-electron chi connectivity index (χ1n) is 6.18. The third-order valence-corrected chi connectivity index (χ3v) is 3.44. The van der Waals surface area contributed by atoms with Crippen LogP contribution in [-0.4, -0.2) is 29.3 Å². The summed E-state index contributed by atoms with van der Waals surface area (Å²) in [5.74, 6) is 0.162. The number of hydrogen-bond donors (Lipinski definition) is 2. The maximum atomic E-state index is 11.6. The first kappa shape index (κ1) is 15.0. The summed E-state index contributed by atoms with van der Waals surface area (Å²) in [4.78, 5) is 15.9. The summed E-state index contributed by atoms with van der Waals surface area (Å²) in [6.07, 6.45) is 1.64. The van der Waals surface area contributed by atoms with E-state index in [1.807, 2.05) is 12.3 Å². The first-order chi connectivity index (χ1) is 10.1. The van der Waals surface area contributed by atoms with Gasteiger partial charge in [0.05, 0.1) is 30.4 Å². The van der Waals surface area contributed by atoms with Crippen LogP contribution in [0.25, 0.3) is 0 Å². The Morgan fingerprint density at radius 1 is 1.57 bits per heavy atom. The van der Waals surface area contributed by atoms with Crippen LogP contribution in [0.2, 0.25) is 0 Å². The molecular formula is C14H15N3O3S. The molecule has 0 bridgehead atoms. The maximum Gasteiger partial charge on any atom is 0.246 e. The fourth-order valence-electron chi connectivity index (χ4n) is 1.66. The van der Waals surface area contributed by atoms with E-state index in [2.05, 4.69) is 15.5 Å². The number of hydrogen-bond acceptors (Lipinski definition) is 6. The number of phenolic OH excluding ortho intramolecular Hbond substituents is 1. The van der Waals surface area contributed by atoms with Gasteiger partial charge in [0.1, 0.15) is 0 Å². The number of carbonyl (C=O) groups excluding carboxylic acids is 1. The predicted molar refractivity (Wildman–Crippen MR) is 81.0 cm³/mol. The molecule has 0 aliphatic carbocycles. The van der Waals surface area contributed by atoms with E-state index in [0.29, 0.717) is 11.3 Å². The zero-order valence-corrected chi connectivity index (χ0v) is 12.5. The van der Waals surface area contributed by atoms with Crippen LogP contribution in [0.1, 0.15) is 16.3 Å². The van der Waals surface area contributed by atoms with Gasteiger partial charge in [-0.15, -0.1) is 11.3 Å². The Morgan fingerprint density at radius 2 is 2.38 bits per heavy atom. The molecule has 0 saturated carbocycles. The predicted octanol–water partition coefficient (Wildman–Crippen LogP) is 1.86. The second-order valence-corrected chi connectivity index (χ2v) is 5.32. The smallest absolute Gasteiger partial charge is 0.246 e. The highest BCUT2D eigenvalue weighted by Gasteiger charge is 2.05. The Balaban J connectivity index is 1.89. The van der Waals surface area contributed by atoms with E-state index in [1.54, 1.807) is 12.1 Å². The van der Waals surface area contributed by atoms with Gasteiger partial charge in [-0.2, -0.15) is 5.10 Å². The van der Waals surface area contributed by atoms with Crippen molar-refractivity contribution in [1.29, 1.82) is 0 Å². The van der Waals surface area contributed by atoms with Crippen LogP contribution in [-0.2, 0) is 11.2 Å². The fraction of sp³-hybridized carbons (Fsp3) is 0.214. The SMILES string of the molecule is COc1ccc(/C=N\NC(=O)Cc2csc(C)n2)cc1O. The second kappa shape index (κ2) is 6.85. The summed E-state index contributed by atoms with van der Waals surface area (Å²) in [7, 11) is 1.48. The number of aromatic nitrogens is 1. The van der Waals surface area contributed by atoms with Gasteiger partial charge in [0.2, 0.25) is 5.91 Å². The molecule has 0 aliphatic heterocycles. The number of nitrogens with zero attached hydrogens (tertiary/aromatic N) is 2. The molecule has 2 rings (SSSR count). The topological polar surface area (TPSA) is 83.8 Å². The monoisotopic (exact) mass is 305 g/mol. The number of ether oxygens (including phenoxy) is 1. The van der Waals surface area contributed by atoms with Gasteiger partial charge in [-0.05, 0) is 30.7 Å². The van der Waals surface area contributed by atoms with Gasteiger partial charge in [-0.3, -0.25) is 4.79 Å². The van der Waals surface area contributed by atoms with Crippen molar-refractivity contribution in [3.8, 4) is 11.5 Å². The first-order valence-corrected chi connectivity index (χ1v) is 7.06. The number of hydrazone groups is 1. The maximum absolute atomic E-state index is 11.6. The lowest BCUT2D eigenvalue weighted by Crippen LogP contribution is -2.19. The minimum Gasteiger partial charge on any atom is -0.504 e. The number of benzene rings is 1. The third kappa shape index (κ3) is 4.28. The van der Waals surface area contributed by atoms with Crippen LogP contribution in [0.4, 0.5) is 0 Å². The third-order valence-electron chi connectivity index (χ3n) is 2.61. The Morgan fingerprint density at radius 3 is 3.00 bits per heavy atom. The van der Waals surface area contributed by atoms with Crippen LogP contribution >= 0.6 is 11.3 Å². The van der Waals surface area contributed by atoms with E-state index in [9.17, 15) is 9.90 Å². The standard InChI is InChI=1S/C14H15N3O3S/c1-9-16-11(8-21-9)6-14(19)17-15-7-10-3-4-13(20-2)12(18)5-10/h3-5,7-8,18H,6H2,1-2H3,(H,17,19)/b15-7-. The minimum absolute atomic E-state index is 0.0192. The number of carbonyl (C=O) groups is 1. The number of methoxy groups -OCH3 is 1. The summed E-state index contributed by atoms with van der Waals surface area (Å²) in [5, 5.41) is 16.2. The van der Waals surface area contributed by atoms with Crippen molar-refractivity contribution in [3.63, 3.8) is 0 Å². The van der Waals surface area contributed by atoms with E-state index in [1.165, 1.54) is 30.7 Å². The number of rotatable bonds is 5. The van der Waals surface area contributed by atoms with Crippen molar-refractivity contribution in [2.45, 2.75) is 13.3 Å². The zero-order valence-electron chi connectivity index (χ0n) is 11.7. The summed E-state index contributed by atoms with van der Waals surface area (Å²) in [6, 6.07) is 4.84. The van der Waals surface area contributed by atoms with Gasteiger partial charge in [0.15, 0.2) is 11.5 Å². The highest BCUT2D eigenvalue weighted by atomic mass is 32.1. The largest absolute Gasteiger partial charge is 0.504 e. The quantitative estimate of drug-likeness (QED) is 0.652. The molecule has 0 unspecified atom stereocenters. The molecular weight excluding hydrogens is 290 g/mol. The van der Waals surface area contributed by atoms with Gasteiger partial charge in [0.25, 0.3) is 0 Å². The fourth-order valence-corrected chi connectivity index (χ4v) is 2.27. The zero-order chi connectivity index (χ0) is 15.2. The molecule has 6 nitrogen and oxygen atoms in total. The number of aromatic hydroxyl groups is 1. The average molecular weight is 305 g/mol. The summed E-state index contributed by atoms with van der Waals surface area (Å²) in [5.41, 5.74) is 3.80. The molecule has 0 spiro atoms. The molecule has 1 amide bonds. The molecule has 0 radical (unpaired) electrons. The van der Waals surface area contributed by atoms with Crippen molar-refractivity contribution in [3.05, 3.63) is 39.8 Å². The number of nitrogens with one attached hydrogen (secondary N) is 1. The van der Waals surface area contributed by atoms with Gasteiger partial charge in [0, 0.05) is 5.38 Å². The highest BCUT2D eigenvalue weighted by Crippen LogP contribution is 2.25. The van der Waals surface area contributed by atoms with E-state index < -0.39 is 0 Å². The Labute approximate surface area is 126 Å². The van der Waals surface area contributed by atoms with Crippen molar-refractivity contribution in [2.75, 3.05) is 7.11 Å². The molecule has 1 heterocycles. The molecule has 0 saturated heterocycles. The minimum atomic E-state index is -0.241. The molecule has 110 valence electrons. The lowest BCUT2D eigenvalue weighted by atomic mass is 10.2. The molecule has 0 fully saturated rings. The Bertz CT molecular complexity index is 667. The molecule has 7 heteroatoms. The van der Waals surface area contributed by atoms with Gasteiger partial charge in [-0.1, -0.05) is 0 Å². The number of amides is 1. The van der Waals surface area contributed by atoms with E-state index in [4.69, 9.17) is 4.74 Å². The van der Waals surface area contributed by atoms with Crippen molar-refractivity contribution < 1.29 is 14.6 Å². The molecule has 2 aromatic rings. The van der Waals surface area contributed by atoms with E-state index >= 15 is 0 Å². The van der Waals surface area contributed by atoms with Crippen LogP contribution in [0, 0.1) is 6.92 Å². The van der Waals surface area contributed by atoms with E-state index in [0.717, 1.165) is 10.7 Å².